The fourth-order valence-electron chi connectivity index (χ4n) is 2.13. The standard InChI is InChI=1S/C17H28N2O2/c1-4-6-11-19(12-7-5-2)17(20)14(3)21-16-10-8-9-15(18)13-16/h8-10,13-14H,4-7,11-12,18H2,1-3H3/t14-/m1/s1. The van der Waals surface area contributed by atoms with Crippen molar-refractivity contribution in [3.63, 3.8) is 0 Å². The quantitative estimate of drug-likeness (QED) is 0.709. The number of carbonyl (C=O) groups excluding carboxylic acids is 1. The van der Waals surface area contributed by atoms with Crippen molar-refractivity contribution in [3.8, 4) is 5.75 Å². The van der Waals surface area contributed by atoms with E-state index in [0.29, 0.717) is 11.4 Å². The summed E-state index contributed by atoms with van der Waals surface area (Å²) in [6, 6.07) is 7.19. The van der Waals surface area contributed by atoms with Crippen LogP contribution in [0.3, 0.4) is 0 Å². The first kappa shape index (κ1) is 17.3. The molecule has 0 saturated heterocycles. The number of unbranched alkanes of at least 4 members (excludes halogenated alkanes) is 2. The summed E-state index contributed by atoms with van der Waals surface area (Å²) in [6.07, 6.45) is 3.74. The van der Waals surface area contributed by atoms with E-state index in [9.17, 15) is 4.79 Å². The van der Waals surface area contributed by atoms with Gasteiger partial charge >= 0.3 is 0 Å². The lowest BCUT2D eigenvalue weighted by atomic mass is 10.2. The van der Waals surface area contributed by atoms with Crippen LogP contribution in [0.2, 0.25) is 0 Å². The lowest BCUT2D eigenvalue weighted by Crippen LogP contribution is -2.41. The van der Waals surface area contributed by atoms with E-state index in [1.165, 1.54) is 0 Å². The Morgan fingerprint density at radius 2 is 1.86 bits per heavy atom. The van der Waals surface area contributed by atoms with E-state index in [2.05, 4.69) is 13.8 Å². The smallest absolute Gasteiger partial charge is 0.263 e. The molecule has 0 aliphatic rings. The highest BCUT2D eigenvalue weighted by molar-refractivity contribution is 5.80. The number of hydrogen-bond acceptors (Lipinski definition) is 3. The Kier molecular flexibility index (Phi) is 7.65. The van der Waals surface area contributed by atoms with Crippen molar-refractivity contribution in [1.29, 1.82) is 0 Å². The van der Waals surface area contributed by atoms with Gasteiger partial charge in [0.25, 0.3) is 5.91 Å². The first-order chi connectivity index (χ1) is 10.1. The summed E-state index contributed by atoms with van der Waals surface area (Å²) in [5.41, 5.74) is 6.37. The maximum Gasteiger partial charge on any atom is 0.263 e. The molecule has 0 aliphatic carbocycles. The normalized spacial score (nSPS) is 12.0. The predicted molar refractivity (Wildman–Crippen MR) is 87.3 cm³/mol. The van der Waals surface area contributed by atoms with Crippen LogP contribution >= 0.6 is 0 Å². The van der Waals surface area contributed by atoms with Gasteiger partial charge in [0.2, 0.25) is 0 Å². The van der Waals surface area contributed by atoms with Crippen molar-refractivity contribution < 1.29 is 9.53 Å². The average Bonchev–Trinajstić information content (AvgIpc) is 2.47. The molecular weight excluding hydrogens is 264 g/mol. The van der Waals surface area contributed by atoms with Crippen LogP contribution in [0, 0.1) is 0 Å². The summed E-state index contributed by atoms with van der Waals surface area (Å²) in [4.78, 5) is 14.4. The summed E-state index contributed by atoms with van der Waals surface area (Å²) in [5.74, 6) is 0.695. The van der Waals surface area contributed by atoms with E-state index >= 15 is 0 Å². The lowest BCUT2D eigenvalue weighted by Gasteiger charge is -2.26. The van der Waals surface area contributed by atoms with Gasteiger partial charge in [-0.2, -0.15) is 0 Å². The molecular formula is C17H28N2O2. The molecule has 0 aliphatic heterocycles. The van der Waals surface area contributed by atoms with E-state index in [0.717, 1.165) is 38.8 Å². The third-order valence-corrected chi connectivity index (χ3v) is 3.39. The summed E-state index contributed by atoms with van der Waals surface area (Å²) in [6.45, 7) is 7.68. The number of rotatable bonds is 9. The van der Waals surface area contributed by atoms with Gasteiger partial charge in [-0.15, -0.1) is 0 Å². The van der Waals surface area contributed by atoms with E-state index in [4.69, 9.17) is 10.5 Å². The third-order valence-electron chi connectivity index (χ3n) is 3.39. The minimum absolute atomic E-state index is 0.0549. The molecule has 0 radical (unpaired) electrons. The van der Waals surface area contributed by atoms with Gasteiger partial charge in [-0.05, 0) is 31.9 Å². The van der Waals surface area contributed by atoms with Crippen LogP contribution in [-0.2, 0) is 4.79 Å². The molecule has 1 rings (SSSR count). The molecule has 0 fully saturated rings. The van der Waals surface area contributed by atoms with Crippen LogP contribution in [0.15, 0.2) is 24.3 Å². The van der Waals surface area contributed by atoms with Crippen molar-refractivity contribution >= 4 is 11.6 Å². The molecule has 1 aromatic carbocycles. The Morgan fingerprint density at radius 3 is 2.38 bits per heavy atom. The second-order valence-electron chi connectivity index (χ2n) is 5.36. The first-order valence-corrected chi connectivity index (χ1v) is 7.89. The average molecular weight is 292 g/mol. The van der Waals surface area contributed by atoms with Gasteiger partial charge in [0.1, 0.15) is 5.75 Å². The summed E-state index contributed by atoms with van der Waals surface area (Å²) < 4.78 is 5.73. The summed E-state index contributed by atoms with van der Waals surface area (Å²) in [7, 11) is 0. The maximum absolute atomic E-state index is 12.5. The highest BCUT2D eigenvalue weighted by Crippen LogP contribution is 2.17. The van der Waals surface area contributed by atoms with Gasteiger partial charge in [-0.1, -0.05) is 32.8 Å². The number of ether oxygens (including phenoxy) is 1. The van der Waals surface area contributed by atoms with Crippen LogP contribution in [0.25, 0.3) is 0 Å². The van der Waals surface area contributed by atoms with Crippen LogP contribution in [-0.4, -0.2) is 30.0 Å². The minimum Gasteiger partial charge on any atom is -0.481 e. The molecule has 0 aromatic heterocycles. The number of nitrogens with two attached hydrogens (primary N) is 1. The summed E-state index contributed by atoms with van der Waals surface area (Å²) in [5, 5.41) is 0. The number of amides is 1. The van der Waals surface area contributed by atoms with Gasteiger partial charge in [0.15, 0.2) is 6.10 Å². The zero-order valence-electron chi connectivity index (χ0n) is 13.5. The number of carbonyl (C=O) groups is 1. The number of nitrogens with zero attached hydrogens (tertiary/aromatic N) is 1. The maximum atomic E-state index is 12.5. The van der Waals surface area contributed by atoms with E-state index in [1.807, 2.05) is 17.0 Å². The number of anilines is 1. The van der Waals surface area contributed by atoms with Crippen LogP contribution in [0.1, 0.15) is 46.5 Å². The highest BCUT2D eigenvalue weighted by atomic mass is 16.5. The predicted octanol–water partition coefficient (Wildman–Crippen LogP) is 3.46. The fraction of sp³-hybridized carbons (Fsp3) is 0.588. The van der Waals surface area contributed by atoms with Crippen LogP contribution in [0.4, 0.5) is 5.69 Å². The minimum atomic E-state index is -0.486. The van der Waals surface area contributed by atoms with Gasteiger partial charge in [0, 0.05) is 24.8 Å². The lowest BCUT2D eigenvalue weighted by molar-refractivity contribution is -0.138. The molecule has 1 amide bonds. The summed E-state index contributed by atoms with van der Waals surface area (Å²) >= 11 is 0. The molecule has 0 heterocycles. The number of hydrogen-bond donors (Lipinski definition) is 1. The molecule has 0 spiro atoms. The largest absolute Gasteiger partial charge is 0.481 e. The van der Waals surface area contributed by atoms with Gasteiger partial charge in [0.05, 0.1) is 0 Å². The molecule has 21 heavy (non-hydrogen) atoms. The number of benzene rings is 1. The Hall–Kier alpha value is -1.71. The highest BCUT2D eigenvalue weighted by Gasteiger charge is 2.21. The number of nitrogen functional groups attached to an aromatic ring is 1. The fourth-order valence-corrected chi connectivity index (χ4v) is 2.13. The Labute approximate surface area is 128 Å². The van der Waals surface area contributed by atoms with Crippen molar-refractivity contribution in [2.24, 2.45) is 0 Å². The second-order valence-corrected chi connectivity index (χ2v) is 5.36. The van der Waals surface area contributed by atoms with Crippen molar-refractivity contribution in [2.75, 3.05) is 18.8 Å². The van der Waals surface area contributed by atoms with Crippen LogP contribution < -0.4 is 10.5 Å². The molecule has 0 bridgehead atoms. The van der Waals surface area contributed by atoms with Crippen molar-refractivity contribution in [3.05, 3.63) is 24.3 Å². The molecule has 2 N–H and O–H groups in total. The van der Waals surface area contributed by atoms with Gasteiger partial charge in [-0.25, -0.2) is 0 Å². The van der Waals surface area contributed by atoms with E-state index < -0.39 is 6.10 Å². The second kappa shape index (κ2) is 9.27. The van der Waals surface area contributed by atoms with E-state index in [1.54, 1.807) is 19.1 Å². The zero-order valence-corrected chi connectivity index (χ0v) is 13.5. The molecule has 1 atom stereocenters. The SMILES string of the molecule is CCCCN(CCCC)C(=O)[C@@H](C)Oc1cccc(N)c1. The van der Waals surface area contributed by atoms with E-state index in [-0.39, 0.29) is 5.91 Å². The van der Waals surface area contributed by atoms with Crippen molar-refractivity contribution in [2.45, 2.75) is 52.6 Å². The van der Waals surface area contributed by atoms with Gasteiger partial charge < -0.3 is 15.4 Å². The molecule has 1 aromatic rings. The topological polar surface area (TPSA) is 55.6 Å². The molecule has 0 saturated carbocycles. The van der Waals surface area contributed by atoms with Gasteiger partial charge in [-0.3, -0.25) is 4.79 Å². The molecule has 4 heteroatoms. The third kappa shape index (κ3) is 6.06. The Balaban J connectivity index is 2.63. The Bertz CT molecular complexity index is 427. The molecule has 118 valence electrons. The zero-order chi connectivity index (χ0) is 15.7. The monoisotopic (exact) mass is 292 g/mol. The Morgan fingerprint density at radius 1 is 1.24 bits per heavy atom. The van der Waals surface area contributed by atoms with Crippen molar-refractivity contribution in [1.82, 2.24) is 4.90 Å². The first-order valence-electron chi connectivity index (χ1n) is 7.89. The molecule has 0 unspecified atom stereocenters. The molecule has 4 nitrogen and oxygen atoms in total. The van der Waals surface area contributed by atoms with Crippen LogP contribution in [0.5, 0.6) is 5.75 Å².